The Hall–Kier alpha value is -2.35. The van der Waals surface area contributed by atoms with Crippen LogP contribution in [0.3, 0.4) is 0 Å². The van der Waals surface area contributed by atoms with Crippen molar-refractivity contribution >= 4 is 33.4 Å². The second-order valence-electron chi connectivity index (χ2n) is 4.97. The van der Waals surface area contributed by atoms with Gasteiger partial charge in [0.2, 0.25) is 5.91 Å². The minimum atomic E-state index is -0.636. The summed E-state index contributed by atoms with van der Waals surface area (Å²) < 4.78 is 10.9. The number of nitrogens with one attached hydrogen (secondary N) is 1. The molecule has 2 aromatic rings. The molecule has 3 N–H and O–H groups in total. The average molecular weight is 321 g/mol. The van der Waals surface area contributed by atoms with Crippen molar-refractivity contribution in [3.8, 4) is 11.5 Å². The SMILES string of the molecule is COc1cc2c(OC[C@@H]3CCC(=O)N3)csc2nc1C(N)=O. The first-order valence-electron chi connectivity index (χ1n) is 6.76. The zero-order chi connectivity index (χ0) is 15.7. The van der Waals surface area contributed by atoms with Crippen molar-refractivity contribution in [3.63, 3.8) is 0 Å². The highest BCUT2D eigenvalue weighted by atomic mass is 32.1. The largest absolute Gasteiger partial charge is 0.494 e. The van der Waals surface area contributed by atoms with Gasteiger partial charge in [-0.3, -0.25) is 9.59 Å². The van der Waals surface area contributed by atoms with Crippen LogP contribution in [0.4, 0.5) is 0 Å². The van der Waals surface area contributed by atoms with Crippen LogP contribution >= 0.6 is 11.3 Å². The van der Waals surface area contributed by atoms with E-state index >= 15 is 0 Å². The van der Waals surface area contributed by atoms with Crippen molar-refractivity contribution in [2.75, 3.05) is 13.7 Å². The van der Waals surface area contributed by atoms with Gasteiger partial charge >= 0.3 is 0 Å². The molecule has 1 aliphatic heterocycles. The fourth-order valence-corrected chi connectivity index (χ4v) is 3.20. The number of amides is 2. The molecular weight excluding hydrogens is 306 g/mol. The third kappa shape index (κ3) is 2.69. The zero-order valence-electron chi connectivity index (χ0n) is 11.9. The monoisotopic (exact) mass is 321 g/mol. The predicted octanol–water partition coefficient (Wildman–Crippen LogP) is 1.06. The van der Waals surface area contributed by atoms with Gasteiger partial charge in [0.1, 0.15) is 17.2 Å². The normalized spacial score (nSPS) is 17.5. The predicted molar refractivity (Wildman–Crippen MR) is 81.3 cm³/mol. The number of nitrogens with two attached hydrogens (primary N) is 1. The van der Waals surface area contributed by atoms with E-state index in [0.717, 1.165) is 11.8 Å². The van der Waals surface area contributed by atoms with Crippen LogP contribution in [0.15, 0.2) is 11.4 Å². The van der Waals surface area contributed by atoms with Gasteiger partial charge in [-0.25, -0.2) is 4.98 Å². The molecular formula is C14H15N3O4S. The maximum Gasteiger partial charge on any atom is 0.271 e. The number of primary amides is 1. The van der Waals surface area contributed by atoms with Gasteiger partial charge in [0.05, 0.1) is 18.5 Å². The molecule has 1 aliphatic rings. The van der Waals surface area contributed by atoms with Crippen LogP contribution in [-0.2, 0) is 4.79 Å². The van der Waals surface area contributed by atoms with E-state index in [9.17, 15) is 9.59 Å². The molecule has 0 unspecified atom stereocenters. The lowest BCUT2D eigenvalue weighted by Gasteiger charge is -2.11. The van der Waals surface area contributed by atoms with Crippen molar-refractivity contribution in [3.05, 3.63) is 17.1 Å². The number of fused-ring (bicyclic) bond motifs is 1. The molecule has 8 heteroatoms. The van der Waals surface area contributed by atoms with Gasteiger partial charge in [-0.15, -0.1) is 11.3 Å². The topological polar surface area (TPSA) is 104 Å². The highest BCUT2D eigenvalue weighted by Crippen LogP contribution is 2.35. The Morgan fingerprint density at radius 1 is 1.55 bits per heavy atom. The third-order valence-corrected chi connectivity index (χ3v) is 4.34. The molecule has 0 bridgehead atoms. The van der Waals surface area contributed by atoms with Gasteiger partial charge in [0.25, 0.3) is 5.91 Å². The van der Waals surface area contributed by atoms with E-state index in [-0.39, 0.29) is 17.6 Å². The molecule has 116 valence electrons. The van der Waals surface area contributed by atoms with Crippen LogP contribution in [0.5, 0.6) is 11.5 Å². The third-order valence-electron chi connectivity index (χ3n) is 3.47. The van der Waals surface area contributed by atoms with Crippen molar-refractivity contribution in [1.82, 2.24) is 10.3 Å². The van der Waals surface area contributed by atoms with Crippen molar-refractivity contribution in [2.24, 2.45) is 5.73 Å². The van der Waals surface area contributed by atoms with E-state index in [2.05, 4.69) is 10.3 Å². The second-order valence-corrected chi connectivity index (χ2v) is 5.83. The molecule has 1 atom stereocenters. The maximum absolute atomic E-state index is 11.4. The van der Waals surface area contributed by atoms with Crippen LogP contribution < -0.4 is 20.5 Å². The molecule has 22 heavy (non-hydrogen) atoms. The molecule has 1 saturated heterocycles. The summed E-state index contributed by atoms with van der Waals surface area (Å²) in [6.45, 7) is 0.400. The van der Waals surface area contributed by atoms with Gasteiger partial charge in [-0.2, -0.15) is 0 Å². The Labute approximate surface area is 130 Å². The summed E-state index contributed by atoms with van der Waals surface area (Å²) in [5.41, 5.74) is 5.40. The fourth-order valence-electron chi connectivity index (χ4n) is 2.35. The molecule has 0 aliphatic carbocycles. The number of thiophene rings is 1. The van der Waals surface area contributed by atoms with E-state index in [0.29, 0.717) is 29.4 Å². The lowest BCUT2D eigenvalue weighted by Crippen LogP contribution is -2.30. The Kier molecular flexibility index (Phi) is 3.84. The molecule has 0 aromatic carbocycles. The Balaban J connectivity index is 1.84. The Morgan fingerprint density at radius 3 is 3.00 bits per heavy atom. The van der Waals surface area contributed by atoms with Gasteiger partial charge in [-0.1, -0.05) is 0 Å². The summed E-state index contributed by atoms with van der Waals surface area (Å²) in [6.07, 6.45) is 1.31. The highest BCUT2D eigenvalue weighted by molar-refractivity contribution is 7.17. The lowest BCUT2D eigenvalue weighted by atomic mass is 10.2. The number of ether oxygens (including phenoxy) is 2. The van der Waals surface area contributed by atoms with Crippen molar-refractivity contribution in [1.29, 1.82) is 0 Å². The van der Waals surface area contributed by atoms with Gasteiger partial charge < -0.3 is 20.5 Å². The first-order chi connectivity index (χ1) is 10.6. The number of carbonyl (C=O) groups is 2. The molecule has 7 nitrogen and oxygen atoms in total. The molecule has 0 radical (unpaired) electrons. The maximum atomic E-state index is 11.4. The first-order valence-corrected chi connectivity index (χ1v) is 7.64. The van der Waals surface area contributed by atoms with Gasteiger partial charge in [-0.05, 0) is 12.5 Å². The fraction of sp³-hybridized carbons (Fsp3) is 0.357. The quantitative estimate of drug-likeness (QED) is 0.857. The summed E-state index contributed by atoms with van der Waals surface area (Å²) in [7, 11) is 1.45. The average Bonchev–Trinajstić information content (AvgIpc) is 3.09. The number of rotatable bonds is 5. The van der Waals surface area contributed by atoms with E-state index in [4.69, 9.17) is 15.2 Å². The number of hydrogen-bond acceptors (Lipinski definition) is 6. The Morgan fingerprint density at radius 2 is 2.36 bits per heavy atom. The van der Waals surface area contributed by atoms with Crippen LogP contribution in [0.2, 0.25) is 0 Å². The van der Waals surface area contributed by atoms with E-state index in [1.807, 2.05) is 5.38 Å². The number of hydrogen-bond donors (Lipinski definition) is 2. The lowest BCUT2D eigenvalue weighted by molar-refractivity contribution is -0.119. The summed E-state index contributed by atoms with van der Waals surface area (Å²) in [5, 5.41) is 5.43. The van der Waals surface area contributed by atoms with Crippen molar-refractivity contribution < 1.29 is 19.1 Å². The number of pyridine rings is 1. The van der Waals surface area contributed by atoms with E-state index < -0.39 is 5.91 Å². The second kappa shape index (κ2) is 5.80. The first kappa shape index (κ1) is 14.6. The van der Waals surface area contributed by atoms with E-state index in [1.165, 1.54) is 18.4 Å². The van der Waals surface area contributed by atoms with Crippen LogP contribution in [0.25, 0.3) is 10.2 Å². The van der Waals surface area contributed by atoms with Crippen molar-refractivity contribution in [2.45, 2.75) is 18.9 Å². The number of methoxy groups -OCH3 is 1. The molecule has 0 spiro atoms. The molecule has 3 heterocycles. The minimum absolute atomic E-state index is 0.0298. The number of nitrogens with zero attached hydrogens (tertiary/aromatic N) is 1. The van der Waals surface area contributed by atoms with E-state index in [1.54, 1.807) is 6.07 Å². The van der Waals surface area contributed by atoms with Crippen LogP contribution in [0, 0.1) is 0 Å². The van der Waals surface area contributed by atoms with Gasteiger partial charge in [0.15, 0.2) is 11.4 Å². The van der Waals surface area contributed by atoms with Gasteiger partial charge in [0, 0.05) is 11.8 Å². The zero-order valence-corrected chi connectivity index (χ0v) is 12.7. The summed E-state index contributed by atoms with van der Waals surface area (Å²) in [4.78, 5) is 27.4. The summed E-state index contributed by atoms with van der Waals surface area (Å²) in [5.74, 6) is 0.391. The smallest absolute Gasteiger partial charge is 0.271 e. The minimum Gasteiger partial charge on any atom is -0.494 e. The number of carbonyl (C=O) groups excluding carboxylic acids is 2. The van der Waals surface area contributed by atoms with Crippen LogP contribution in [-0.4, -0.2) is 36.6 Å². The Bertz CT molecular complexity index is 743. The summed E-state index contributed by atoms with van der Waals surface area (Å²) in [6, 6.07) is 1.73. The molecule has 1 fully saturated rings. The molecule has 2 amide bonds. The molecule has 0 saturated carbocycles. The number of aromatic nitrogens is 1. The van der Waals surface area contributed by atoms with Crippen LogP contribution in [0.1, 0.15) is 23.3 Å². The summed E-state index contributed by atoms with van der Waals surface area (Å²) >= 11 is 1.36. The standard InChI is InChI=1S/C14H15N3O4S/c1-20-9-4-8-10(21-5-7-2-3-11(18)16-7)6-22-14(8)17-12(9)13(15)19/h4,6-7H,2-3,5H2,1H3,(H2,15,19)(H,16,18)/t7-/m0/s1. The molecule has 2 aromatic heterocycles. The molecule has 3 rings (SSSR count). The highest BCUT2D eigenvalue weighted by Gasteiger charge is 2.22.